The quantitative estimate of drug-likeness (QED) is 0.711. The van der Waals surface area contributed by atoms with Crippen LogP contribution in [0, 0.1) is 0 Å². The molecule has 0 aromatic heterocycles. The fraction of sp³-hybridized carbons (Fsp3) is 0.647. The summed E-state index contributed by atoms with van der Waals surface area (Å²) >= 11 is 0. The molecular weight excluding hydrogens is 248 g/mol. The van der Waals surface area contributed by atoms with Crippen LogP contribution in [0.15, 0.2) is 24.3 Å². The number of rotatable bonds is 10. The lowest BCUT2D eigenvalue weighted by Gasteiger charge is -2.26. The molecule has 0 radical (unpaired) electrons. The van der Waals surface area contributed by atoms with Crippen molar-refractivity contribution < 1.29 is 4.74 Å². The first-order chi connectivity index (χ1) is 9.71. The summed E-state index contributed by atoms with van der Waals surface area (Å²) in [6, 6.07) is 9.01. The van der Waals surface area contributed by atoms with Gasteiger partial charge in [-0.3, -0.25) is 4.90 Å². The second kappa shape index (κ2) is 9.78. The van der Waals surface area contributed by atoms with Crippen LogP contribution in [0.1, 0.15) is 39.7 Å². The summed E-state index contributed by atoms with van der Waals surface area (Å²) in [7, 11) is 0. The minimum atomic E-state index is 0.631. The zero-order valence-corrected chi connectivity index (χ0v) is 13.5. The maximum Gasteiger partial charge on any atom is 0.119 e. The van der Waals surface area contributed by atoms with Crippen LogP contribution < -0.4 is 10.1 Å². The van der Waals surface area contributed by atoms with Crippen molar-refractivity contribution in [2.45, 2.75) is 46.7 Å². The number of benzene rings is 1. The van der Waals surface area contributed by atoms with Crippen molar-refractivity contribution in [2.24, 2.45) is 0 Å². The van der Waals surface area contributed by atoms with E-state index < -0.39 is 0 Å². The van der Waals surface area contributed by atoms with Gasteiger partial charge in [0.25, 0.3) is 0 Å². The minimum absolute atomic E-state index is 0.631. The Morgan fingerprint density at radius 2 is 1.85 bits per heavy atom. The fourth-order valence-corrected chi connectivity index (χ4v) is 2.20. The van der Waals surface area contributed by atoms with E-state index in [1.165, 1.54) is 12.0 Å². The average molecular weight is 278 g/mol. The van der Waals surface area contributed by atoms with Gasteiger partial charge in [0.05, 0.1) is 0 Å². The summed E-state index contributed by atoms with van der Waals surface area (Å²) < 4.78 is 5.83. The van der Waals surface area contributed by atoms with Gasteiger partial charge in [0.15, 0.2) is 0 Å². The summed E-state index contributed by atoms with van der Waals surface area (Å²) in [4.78, 5) is 2.46. The van der Waals surface area contributed by atoms with Crippen molar-refractivity contribution >= 4 is 0 Å². The van der Waals surface area contributed by atoms with E-state index >= 15 is 0 Å². The lowest BCUT2D eigenvalue weighted by Crippen LogP contribution is -2.35. The standard InChI is InChI=1S/C17H30N2O/c1-5-15(4)19(7-3)12-13-20-17-10-8-16(9-11-17)14-18-6-2/h8-11,15,18H,5-7,12-14H2,1-4H3. The van der Waals surface area contributed by atoms with E-state index in [4.69, 9.17) is 4.74 Å². The van der Waals surface area contributed by atoms with Gasteiger partial charge >= 0.3 is 0 Å². The summed E-state index contributed by atoms with van der Waals surface area (Å²) in [5.41, 5.74) is 1.30. The molecule has 0 saturated heterocycles. The van der Waals surface area contributed by atoms with Gasteiger partial charge in [-0.05, 0) is 44.1 Å². The Morgan fingerprint density at radius 1 is 1.15 bits per heavy atom. The number of nitrogens with one attached hydrogen (secondary N) is 1. The van der Waals surface area contributed by atoms with Crippen molar-refractivity contribution in [1.82, 2.24) is 10.2 Å². The van der Waals surface area contributed by atoms with Crippen LogP contribution in [-0.2, 0) is 6.54 Å². The molecule has 1 aromatic rings. The van der Waals surface area contributed by atoms with E-state index in [-0.39, 0.29) is 0 Å². The molecule has 1 unspecified atom stereocenters. The van der Waals surface area contributed by atoms with Crippen LogP contribution in [0.3, 0.4) is 0 Å². The van der Waals surface area contributed by atoms with Crippen LogP contribution in [0.4, 0.5) is 0 Å². The molecule has 20 heavy (non-hydrogen) atoms. The van der Waals surface area contributed by atoms with Crippen LogP contribution in [0.25, 0.3) is 0 Å². The second-order valence-electron chi connectivity index (χ2n) is 5.16. The van der Waals surface area contributed by atoms with E-state index in [0.29, 0.717) is 6.04 Å². The first-order valence-electron chi connectivity index (χ1n) is 7.87. The Kier molecular flexibility index (Phi) is 8.31. The molecule has 1 rings (SSSR count). The SMILES string of the molecule is CCNCc1ccc(OCCN(CC)C(C)CC)cc1. The molecule has 3 heteroatoms. The zero-order valence-electron chi connectivity index (χ0n) is 13.5. The van der Waals surface area contributed by atoms with E-state index in [2.05, 4.69) is 62.2 Å². The van der Waals surface area contributed by atoms with Crippen molar-refractivity contribution in [1.29, 1.82) is 0 Å². The maximum atomic E-state index is 5.83. The zero-order chi connectivity index (χ0) is 14.8. The molecular formula is C17H30N2O. The monoisotopic (exact) mass is 278 g/mol. The summed E-state index contributed by atoms with van der Waals surface area (Å²) in [6.45, 7) is 13.6. The third-order valence-electron chi connectivity index (χ3n) is 3.77. The molecule has 0 aliphatic heterocycles. The number of hydrogen-bond donors (Lipinski definition) is 1. The summed E-state index contributed by atoms with van der Waals surface area (Å²) in [5.74, 6) is 0.963. The highest BCUT2D eigenvalue weighted by atomic mass is 16.5. The first-order valence-corrected chi connectivity index (χ1v) is 7.87. The van der Waals surface area contributed by atoms with Crippen molar-refractivity contribution in [3.8, 4) is 5.75 Å². The van der Waals surface area contributed by atoms with Crippen LogP contribution in [-0.4, -0.2) is 37.2 Å². The van der Waals surface area contributed by atoms with Gasteiger partial charge in [-0.25, -0.2) is 0 Å². The van der Waals surface area contributed by atoms with Crippen molar-refractivity contribution in [3.63, 3.8) is 0 Å². The van der Waals surface area contributed by atoms with Gasteiger partial charge in [-0.1, -0.05) is 32.9 Å². The Hall–Kier alpha value is -1.06. The van der Waals surface area contributed by atoms with Gasteiger partial charge in [0, 0.05) is 19.1 Å². The van der Waals surface area contributed by atoms with E-state index in [1.54, 1.807) is 0 Å². The third kappa shape index (κ3) is 5.93. The normalized spacial score (nSPS) is 12.7. The summed E-state index contributed by atoms with van der Waals surface area (Å²) in [6.07, 6.45) is 1.19. The molecule has 1 atom stereocenters. The summed E-state index contributed by atoms with van der Waals surface area (Å²) in [5, 5.41) is 3.32. The van der Waals surface area contributed by atoms with Gasteiger partial charge in [0.1, 0.15) is 12.4 Å². The van der Waals surface area contributed by atoms with Crippen LogP contribution in [0.2, 0.25) is 0 Å². The molecule has 0 spiro atoms. The second-order valence-corrected chi connectivity index (χ2v) is 5.16. The van der Waals surface area contributed by atoms with Crippen molar-refractivity contribution in [2.75, 3.05) is 26.2 Å². The molecule has 0 heterocycles. The number of hydrogen-bond acceptors (Lipinski definition) is 3. The smallest absolute Gasteiger partial charge is 0.119 e. The highest BCUT2D eigenvalue weighted by Gasteiger charge is 2.09. The molecule has 0 aliphatic rings. The number of ether oxygens (including phenoxy) is 1. The Labute approximate surface area is 124 Å². The third-order valence-corrected chi connectivity index (χ3v) is 3.77. The lowest BCUT2D eigenvalue weighted by atomic mass is 10.2. The minimum Gasteiger partial charge on any atom is -0.492 e. The van der Waals surface area contributed by atoms with Crippen LogP contribution in [0.5, 0.6) is 5.75 Å². The molecule has 3 nitrogen and oxygen atoms in total. The molecule has 1 aromatic carbocycles. The molecule has 1 N–H and O–H groups in total. The maximum absolute atomic E-state index is 5.83. The highest BCUT2D eigenvalue weighted by Crippen LogP contribution is 2.12. The van der Waals surface area contributed by atoms with E-state index in [9.17, 15) is 0 Å². The molecule has 0 amide bonds. The molecule has 0 fully saturated rings. The molecule has 114 valence electrons. The highest BCUT2D eigenvalue weighted by molar-refractivity contribution is 5.27. The molecule has 0 bridgehead atoms. The largest absolute Gasteiger partial charge is 0.492 e. The number of likely N-dealkylation sites (N-methyl/N-ethyl adjacent to an activating group) is 1. The Morgan fingerprint density at radius 3 is 2.40 bits per heavy atom. The Bertz CT molecular complexity index is 351. The van der Waals surface area contributed by atoms with Crippen molar-refractivity contribution in [3.05, 3.63) is 29.8 Å². The average Bonchev–Trinajstić information content (AvgIpc) is 2.50. The van der Waals surface area contributed by atoms with Gasteiger partial charge in [0.2, 0.25) is 0 Å². The predicted octanol–water partition coefficient (Wildman–Crippen LogP) is 3.30. The van der Waals surface area contributed by atoms with Gasteiger partial charge < -0.3 is 10.1 Å². The van der Waals surface area contributed by atoms with E-state index in [1.807, 2.05) is 0 Å². The van der Waals surface area contributed by atoms with Gasteiger partial charge in [-0.2, -0.15) is 0 Å². The molecule has 0 aliphatic carbocycles. The molecule has 0 saturated carbocycles. The van der Waals surface area contributed by atoms with E-state index in [0.717, 1.165) is 38.5 Å². The fourth-order valence-electron chi connectivity index (χ4n) is 2.20. The lowest BCUT2D eigenvalue weighted by molar-refractivity contribution is 0.171. The Balaban J connectivity index is 2.34. The van der Waals surface area contributed by atoms with Gasteiger partial charge in [-0.15, -0.1) is 0 Å². The first kappa shape index (κ1) is 17.0. The predicted molar refractivity (Wildman–Crippen MR) is 86.3 cm³/mol. The topological polar surface area (TPSA) is 24.5 Å². The van der Waals surface area contributed by atoms with Crippen LogP contribution >= 0.6 is 0 Å². The number of nitrogens with zero attached hydrogens (tertiary/aromatic N) is 1.